The van der Waals surface area contributed by atoms with Gasteiger partial charge in [-0.3, -0.25) is 13.9 Å². The second-order valence-corrected chi connectivity index (χ2v) is 7.94. The molecule has 0 fully saturated rings. The summed E-state index contributed by atoms with van der Waals surface area (Å²) in [5.41, 5.74) is 2.04. The number of hydrogen-bond acceptors (Lipinski definition) is 5. The number of benzene rings is 2. The van der Waals surface area contributed by atoms with E-state index in [-0.39, 0.29) is 5.56 Å². The number of halogens is 1. The summed E-state index contributed by atoms with van der Waals surface area (Å²) in [7, 11) is 3.11. The smallest absolute Gasteiger partial charge is 0.332 e. The standard InChI is InChI=1S/C22H20ClN5O3/c1-25-19-18(20(29)26(2)22(25)30)28-11-10-27(21(28)24-19)16-4-3-5-17(12-16)31-13-14-6-8-15(23)9-7-14/h3-9,12H,10-11,13H2,1-2H3. The quantitative estimate of drug-likeness (QED) is 0.491. The van der Waals surface area contributed by atoms with E-state index >= 15 is 0 Å². The molecular formula is C22H20ClN5O3. The zero-order chi connectivity index (χ0) is 21.7. The van der Waals surface area contributed by atoms with Crippen LogP contribution < -0.4 is 20.9 Å². The summed E-state index contributed by atoms with van der Waals surface area (Å²) in [6.07, 6.45) is 0. The molecule has 2 aromatic carbocycles. The summed E-state index contributed by atoms with van der Waals surface area (Å²) in [6.45, 7) is 1.71. The van der Waals surface area contributed by atoms with Crippen LogP contribution in [-0.4, -0.2) is 25.2 Å². The molecule has 0 atom stereocenters. The summed E-state index contributed by atoms with van der Waals surface area (Å²) < 4.78 is 10.4. The number of rotatable bonds is 4. The Morgan fingerprint density at radius 3 is 2.58 bits per heavy atom. The molecule has 5 rings (SSSR count). The van der Waals surface area contributed by atoms with Crippen molar-refractivity contribution in [3.63, 3.8) is 0 Å². The maximum Gasteiger partial charge on any atom is 0.332 e. The van der Waals surface area contributed by atoms with Crippen LogP contribution in [0.25, 0.3) is 11.2 Å². The molecule has 158 valence electrons. The molecular weight excluding hydrogens is 418 g/mol. The van der Waals surface area contributed by atoms with Crippen molar-refractivity contribution in [2.24, 2.45) is 14.1 Å². The van der Waals surface area contributed by atoms with E-state index in [1.54, 1.807) is 7.05 Å². The fourth-order valence-corrected chi connectivity index (χ4v) is 4.01. The predicted molar refractivity (Wildman–Crippen MR) is 119 cm³/mol. The van der Waals surface area contributed by atoms with E-state index in [1.807, 2.05) is 58.0 Å². The Bertz CT molecular complexity index is 1420. The number of imidazole rings is 1. The highest BCUT2D eigenvalue weighted by Crippen LogP contribution is 2.33. The van der Waals surface area contributed by atoms with Gasteiger partial charge in [-0.25, -0.2) is 4.79 Å². The van der Waals surface area contributed by atoms with Crippen molar-refractivity contribution in [1.29, 1.82) is 0 Å². The minimum atomic E-state index is -0.390. The van der Waals surface area contributed by atoms with Gasteiger partial charge in [0, 0.05) is 44.0 Å². The summed E-state index contributed by atoms with van der Waals surface area (Å²) in [4.78, 5) is 31.6. The molecule has 0 aliphatic carbocycles. The van der Waals surface area contributed by atoms with Crippen LogP contribution in [-0.2, 0) is 27.2 Å². The highest BCUT2D eigenvalue weighted by Gasteiger charge is 2.28. The van der Waals surface area contributed by atoms with Crippen molar-refractivity contribution in [2.45, 2.75) is 13.2 Å². The maximum absolute atomic E-state index is 12.7. The van der Waals surface area contributed by atoms with E-state index in [0.717, 1.165) is 21.6 Å². The van der Waals surface area contributed by atoms with Crippen molar-refractivity contribution in [3.05, 3.63) is 80.0 Å². The van der Waals surface area contributed by atoms with E-state index in [4.69, 9.17) is 16.3 Å². The van der Waals surface area contributed by atoms with Gasteiger partial charge in [0.05, 0.1) is 0 Å². The zero-order valence-corrected chi connectivity index (χ0v) is 17.8. The van der Waals surface area contributed by atoms with Gasteiger partial charge in [0.1, 0.15) is 12.4 Å². The minimum absolute atomic E-state index is 0.334. The first-order valence-corrected chi connectivity index (χ1v) is 10.2. The normalized spacial score (nSPS) is 13.1. The first-order chi connectivity index (χ1) is 14.9. The zero-order valence-electron chi connectivity index (χ0n) is 17.1. The molecule has 0 amide bonds. The second-order valence-electron chi connectivity index (χ2n) is 7.51. The lowest BCUT2D eigenvalue weighted by Gasteiger charge is -2.17. The van der Waals surface area contributed by atoms with E-state index in [9.17, 15) is 9.59 Å². The van der Waals surface area contributed by atoms with Crippen molar-refractivity contribution in [1.82, 2.24) is 18.7 Å². The largest absolute Gasteiger partial charge is 0.489 e. The molecule has 8 nitrogen and oxygen atoms in total. The van der Waals surface area contributed by atoms with Crippen LogP contribution in [0.4, 0.5) is 11.6 Å². The highest BCUT2D eigenvalue weighted by atomic mass is 35.5. The number of aromatic nitrogens is 4. The topological polar surface area (TPSA) is 74.3 Å². The molecule has 1 aliphatic heterocycles. The van der Waals surface area contributed by atoms with Gasteiger partial charge in [-0.2, -0.15) is 4.98 Å². The average molecular weight is 438 g/mol. The van der Waals surface area contributed by atoms with E-state index in [2.05, 4.69) is 4.98 Å². The summed E-state index contributed by atoms with van der Waals surface area (Å²) in [6, 6.07) is 15.3. The van der Waals surface area contributed by atoms with Gasteiger partial charge >= 0.3 is 5.69 Å². The third-order valence-electron chi connectivity index (χ3n) is 5.56. The molecule has 31 heavy (non-hydrogen) atoms. The number of aryl methyl sites for hydroxylation is 1. The Morgan fingerprint density at radius 1 is 1.03 bits per heavy atom. The molecule has 3 heterocycles. The predicted octanol–water partition coefficient (Wildman–Crippen LogP) is 2.82. The van der Waals surface area contributed by atoms with Gasteiger partial charge in [-0.05, 0) is 29.8 Å². The molecule has 1 aliphatic rings. The van der Waals surface area contributed by atoms with Gasteiger partial charge in [-0.1, -0.05) is 29.8 Å². The van der Waals surface area contributed by atoms with Gasteiger partial charge in [0.15, 0.2) is 11.2 Å². The van der Waals surface area contributed by atoms with Crippen LogP contribution >= 0.6 is 11.6 Å². The maximum atomic E-state index is 12.7. The van der Waals surface area contributed by atoms with Crippen molar-refractivity contribution in [2.75, 3.05) is 11.4 Å². The van der Waals surface area contributed by atoms with Crippen LogP contribution in [0.15, 0.2) is 58.1 Å². The molecule has 0 bridgehead atoms. The molecule has 0 N–H and O–H groups in total. The third-order valence-corrected chi connectivity index (χ3v) is 5.82. The Morgan fingerprint density at radius 2 is 1.81 bits per heavy atom. The van der Waals surface area contributed by atoms with Crippen LogP contribution in [0.5, 0.6) is 5.75 Å². The van der Waals surface area contributed by atoms with E-state index < -0.39 is 5.69 Å². The molecule has 0 spiro atoms. The Hall–Kier alpha value is -3.52. The van der Waals surface area contributed by atoms with Crippen molar-refractivity contribution in [3.8, 4) is 5.75 Å². The van der Waals surface area contributed by atoms with Crippen LogP contribution in [0.1, 0.15) is 5.56 Å². The Balaban J connectivity index is 1.48. The fourth-order valence-electron chi connectivity index (χ4n) is 3.89. The SMILES string of the molecule is Cn1c(=O)c2c(nc3n2CCN3c2cccc(OCc3ccc(Cl)cc3)c2)n(C)c1=O. The lowest BCUT2D eigenvalue weighted by Crippen LogP contribution is -2.37. The number of hydrogen-bond donors (Lipinski definition) is 0. The van der Waals surface area contributed by atoms with Gasteiger partial charge in [0.2, 0.25) is 5.95 Å². The van der Waals surface area contributed by atoms with E-state index in [1.165, 1.54) is 11.6 Å². The highest BCUT2D eigenvalue weighted by molar-refractivity contribution is 6.30. The lowest BCUT2D eigenvalue weighted by molar-refractivity contribution is 0.306. The van der Waals surface area contributed by atoms with E-state index in [0.29, 0.717) is 41.8 Å². The van der Waals surface area contributed by atoms with Gasteiger partial charge in [0.25, 0.3) is 5.56 Å². The minimum Gasteiger partial charge on any atom is -0.489 e. The average Bonchev–Trinajstić information content (AvgIpc) is 3.35. The first kappa shape index (κ1) is 19.4. The van der Waals surface area contributed by atoms with Gasteiger partial charge < -0.3 is 14.2 Å². The summed E-state index contributed by atoms with van der Waals surface area (Å²) >= 11 is 5.94. The number of nitrogens with zero attached hydrogens (tertiary/aromatic N) is 5. The number of fused-ring (bicyclic) bond motifs is 3. The van der Waals surface area contributed by atoms with Gasteiger partial charge in [-0.15, -0.1) is 0 Å². The van der Waals surface area contributed by atoms with Crippen LogP contribution in [0.3, 0.4) is 0 Å². The number of ether oxygens (including phenoxy) is 1. The van der Waals surface area contributed by atoms with Crippen LogP contribution in [0.2, 0.25) is 5.02 Å². The fraction of sp³-hybridized carbons (Fsp3) is 0.227. The first-order valence-electron chi connectivity index (χ1n) is 9.85. The summed E-state index contributed by atoms with van der Waals surface area (Å²) in [5, 5.41) is 0.690. The third kappa shape index (κ3) is 3.19. The molecule has 0 saturated carbocycles. The molecule has 9 heteroatoms. The van der Waals surface area contributed by atoms with Crippen molar-refractivity contribution >= 4 is 34.4 Å². The summed E-state index contributed by atoms with van der Waals surface area (Å²) in [5.74, 6) is 1.37. The molecule has 0 saturated heterocycles. The molecule has 0 unspecified atom stereocenters. The Labute approximate surface area is 182 Å². The Kier molecular flexibility index (Phi) is 4.59. The van der Waals surface area contributed by atoms with Crippen molar-refractivity contribution < 1.29 is 4.74 Å². The molecule has 0 radical (unpaired) electrons. The molecule has 2 aromatic heterocycles. The lowest BCUT2D eigenvalue weighted by atomic mass is 10.2. The number of anilines is 2. The van der Waals surface area contributed by atoms with Crippen LogP contribution in [0, 0.1) is 0 Å². The monoisotopic (exact) mass is 437 g/mol. The second kappa shape index (κ2) is 7.31. The molecule has 4 aromatic rings.